The van der Waals surface area contributed by atoms with Crippen LogP contribution < -0.4 is 4.90 Å². The van der Waals surface area contributed by atoms with Crippen LogP contribution in [0.25, 0.3) is 0 Å². The van der Waals surface area contributed by atoms with Crippen LogP contribution in [-0.2, 0) is 23.9 Å². The molecule has 0 saturated carbocycles. The minimum atomic E-state index is -1.19. The van der Waals surface area contributed by atoms with Gasteiger partial charge in [-0.05, 0) is 31.5 Å². The van der Waals surface area contributed by atoms with Gasteiger partial charge in [-0.25, -0.2) is 14.7 Å². The largest absolute Gasteiger partial charge is 0.461 e. The lowest BCUT2D eigenvalue weighted by Gasteiger charge is -2.19. The van der Waals surface area contributed by atoms with Gasteiger partial charge in [-0.15, -0.1) is 0 Å². The Labute approximate surface area is 154 Å². The second-order valence-electron chi connectivity index (χ2n) is 5.94. The molecule has 9 heteroatoms. The van der Waals surface area contributed by atoms with Crippen LogP contribution in [0.5, 0.6) is 0 Å². The van der Waals surface area contributed by atoms with Crippen molar-refractivity contribution < 1.29 is 23.9 Å². The Morgan fingerprint density at radius 1 is 1.27 bits per heavy atom. The first-order valence-electron chi connectivity index (χ1n) is 7.97. The second kappa shape index (κ2) is 6.53. The van der Waals surface area contributed by atoms with Crippen LogP contribution in [0, 0.1) is 12.8 Å². The Bertz CT molecular complexity index is 866. The van der Waals surface area contributed by atoms with E-state index in [0.717, 1.165) is 15.5 Å². The lowest BCUT2D eigenvalue weighted by molar-refractivity contribution is -0.136. The molecule has 136 valence electrons. The minimum Gasteiger partial charge on any atom is -0.461 e. The average molecular weight is 378 g/mol. The standard InChI is InChI=1S/C17H16ClN3O5/c1-4-26-17(25)13-12-14(21(19-13)9(3)22)16(24)20(15(12)23)10-6-5-8(2)11(18)7-10/h5-7,12,14H,4H2,1-3H3. The maximum Gasteiger partial charge on any atom is 0.355 e. The zero-order valence-electron chi connectivity index (χ0n) is 14.4. The second-order valence-corrected chi connectivity index (χ2v) is 6.34. The van der Waals surface area contributed by atoms with Crippen LogP contribution in [0.3, 0.4) is 0 Å². The highest BCUT2D eigenvalue weighted by Gasteiger charge is 2.59. The van der Waals surface area contributed by atoms with Gasteiger partial charge >= 0.3 is 5.97 Å². The van der Waals surface area contributed by atoms with E-state index in [1.807, 2.05) is 0 Å². The summed E-state index contributed by atoms with van der Waals surface area (Å²) in [5, 5.41) is 5.14. The number of benzene rings is 1. The lowest BCUT2D eigenvalue weighted by atomic mass is 9.98. The van der Waals surface area contributed by atoms with E-state index in [4.69, 9.17) is 16.3 Å². The van der Waals surface area contributed by atoms with Gasteiger partial charge in [0.1, 0.15) is 5.92 Å². The molecular formula is C17H16ClN3O5. The van der Waals surface area contributed by atoms with Crippen LogP contribution in [0.4, 0.5) is 5.69 Å². The zero-order valence-corrected chi connectivity index (χ0v) is 15.1. The Morgan fingerprint density at radius 3 is 2.54 bits per heavy atom. The molecular weight excluding hydrogens is 362 g/mol. The molecule has 0 N–H and O–H groups in total. The molecule has 1 saturated heterocycles. The summed E-state index contributed by atoms with van der Waals surface area (Å²) in [6.45, 7) is 4.68. The highest BCUT2D eigenvalue weighted by Crippen LogP contribution is 2.36. The number of imide groups is 1. The third kappa shape index (κ3) is 2.66. The normalized spacial score (nSPS) is 21.8. The Kier molecular flexibility index (Phi) is 4.53. The molecule has 0 aromatic heterocycles. The fourth-order valence-electron chi connectivity index (χ4n) is 3.02. The molecule has 0 aliphatic carbocycles. The lowest BCUT2D eigenvalue weighted by Crippen LogP contribution is -2.41. The molecule has 3 rings (SSSR count). The van der Waals surface area contributed by atoms with Crippen LogP contribution in [-0.4, -0.2) is 47.1 Å². The van der Waals surface area contributed by atoms with Crippen molar-refractivity contribution in [2.24, 2.45) is 11.0 Å². The number of nitrogens with zero attached hydrogens (tertiary/aromatic N) is 3. The maximum atomic E-state index is 12.9. The van der Waals surface area contributed by atoms with E-state index in [1.165, 1.54) is 13.0 Å². The highest BCUT2D eigenvalue weighted by atomic mass is 35.5. The number of hydrazone groups is 1. The number of fused-ring (bicyclic) bond motifs is 1. The topological polar surface area (TPSA) is 96.3 Å². The maximum absolute atomic E-state index is 12.9. The van der Waals surface area contributed by atoms with E-state index in [2.05, 4.69) is 5.10 Å². The van der Waals surface area contributed by atoms with Crippen molar-refractivity contribution in [1.29, 1.82) is 0 Å². The summed E-state index contributed by atoms with van der Waals surface area (Å²) in [4.78, 5) is 50.8. The molecule has 0 bridgehead atoms. The molecule has 1 aromatic carbocycles. The third-order valence-corrected chi connectivity index (χ3v) is 4.68. The summed E-state index contributed by atoms with van der Waals surface area (Å²) >= 11 is 6.10. The molecule has 1 aromatic rings. The van der Waals surface area contributed by atoms with Gasteiger partial charge < -0.3 is 4.74 Å². The van der Waals surface area contributed by atoms with Gasteiger partial charge in [0.25, 0.3) is 5.91 Å². The van der Waals surface area contributed by atoms with E-state index >= 15 is 0 Å². The molecule has 2 heterocycles. The molecule has 8 nitrogen and oxygen atoms in total. The van der Waals surface area contributed by atoms with E-state index in [-0.39, 0.29) is 18.0 Å². The van der Waals surface area contributed by atoms with Gasteiger partial charge in [0.2, 0.25) is 11.8 Å². The summed E-state index contributed by atoms with van der Waals surface area (Å²) in [6, 6.07) is 3.55. The third-order valence-electron chi connectivity index (χ3n) is 4.27. The number of carbonyl (C=O) groups excluding carboxylic acids is 4. The number of halogens is 1. The average Bonchev–Trinajstić information content (AvgIpc) is 3.09. The SMILES string of the molecule is CCOC(=O)C1=NN(C(C)=O)C2C(=O)N(c3ccc(C)c(Cl)c3)C(=O)C12. The molecule has 3 amide bonds. The molecule has 26 heavy (non-hydrogen) atoms. The minimum absolute atomic E-state index is 0.0781. The first-order chi connectivity index (χ1) is 12.3. The van der Waals surface area contributed by atoms with Crippen LogP contribution in [0.1, 0.15) is 19.4 Å². The number of aryl methyl sites for hydroxylation is 1. The van der Waals surface area contributed by atoms with Crippen molar-refractivity contribution in [3.8, 4) is 0 Å². The van der Waals surface area contributed by atoms with Crippen molar-refractivity contribution in [2.45, 2.75) is 26.8 Å². The number of carbonyl (C=O) groups is 4. The van der Waals surface area contributed by atoms with Crippen molar-refractivity contribution in [1.82, 2.24) is 5.01 Å². The summed E-state index contributed by atoms with van der Waals surface area (Å²) in [7, 11) is 0. The number of esters is 1. The first-order valence-corrected chi connectivity index (χ1v) is 8.35. The van der Waals surface area contributed by atoms with Crippen molar-refractivity contribution in [3.05, 3.63) is 28.8 Å². The summed E-state index contributed by atoms with van der Waals surface area (Å²) < 4.78 is 4.91. The highest BCUT2D eigenvalue weighted by molar-refractivity contribution is 6.47. The van der Waals surface area contributed by atoms with Gasteiger partial charge in [0.05, 0.1) is 12.3 Å². The van der Waals surface area contributed by atoms with Crippen LogP contribution in [0.15, 0.2) is 23.3 Å². The summed E-state index contributed by atoms with van der Waals surface area (Å²) in [5.41, 5.74) is 0.816. The number of anilines is 1. The smallest absolute Gasteiger partial charge is 0.355 e. The monoisotopic (exact) mass is 377 g/mol. The quantitative estimate of drug-likeness (QED) is 0.584. The van der Waals surface area contributed by atoms with Gasteiger partial charge in [-0.3, -0.25) is 14.4 Å². The molecule has 2 aliphatic heterocycles. The Balaban J connectivity index is 2.05. The predicted molar refractivity (Wildman–Crippen MR) is 92.5 cm³/mol. The number of amides is 3. The fourth-order valence-corrected chi connectivity index (χ4v) is 3.20. The van der Waals surface area contributed by atoms with Gasteiger partial charge in [0.15, 0.2) is 11.8 Å². The number of hydrogen-bond donors (Lipinski definition) is 0. The first kappa shape index (κ1) is 18.1. The van der Waals surface area contributed by atoms with Crippen molar-refractivity contribution in [3.63, 3.8) is 0 Å². The Hall–Kier alpha value is -2.74. The van der Waals surface area contributed by atoms with E-state index in [1.54, 1.807) is 26.0 Å². The van der Waals surface area contributed by atoms with Crippen molar-refractivity contribution >= 4 is 46.7 Å². The molecule has 0 spiro atoms. The van der Waals surface area contributed by atoms with Gasteiger partial charge in [0, 0.05) is 11.9 Å². The predicted octanol–water partition coefficient (Wildman–Crippen LogP) is 1.29. The molecule has 2 atom stereocenters. The molecule has 2 aliphatic rings. The fraction of sp³-hybridized carbons (Fsp3) is 0.353. The van der Waals surface area contributed by atoms with E-state index in [9.17, 15) is 19.2 Å². The molecule has 0 radical (unpaired) electrons. The number of rotatable bonds is 3. The van der Waals surface area contributed by atoms with Crippen molar-refractivity contribution in [2.75, 3.05) is 11.5 Å². The van der Waals surface area contributed by atoms with E-state index in [0.29, 0.717) is 5.02 Å². The van der Waals surface area contributed by atoms with Crippen LogP contribution >= 0.6 is 11.6 Å². The number of hydrogen-bond acceptors (Lipinski definition) is 6. The van der Waals surface area contributed by atoms with Gasteiger partial charge in [-0.2, -0.15) is 5.10 Å². The van der Waals surface area contributed by atoms with E-state index < -0.39 is 35.7 Å². The zero-order chi connectivity index (χ0) is 19.2. The van der Waals surface area contributed by atoms with Gasteiger partial charge in [-0.1, -0.05) is 17.7 Å². The molecule has 2 unspecified atom stereocenters. The molecule has 1 fully saturated rings. The number of ether oxygens (including phenoxy) is 1. The Morgan fingerprint density at radius 2 is 1.96 bits per heavy atom. The summed E-state index contributed by atoms with van der Waals surface area (Å²) in [5.74, 6) is -3.85. The summed E-state index contributed by atoms with van der Waals surface area (Å²) in [6.07, 6.45) is 0. The van der Waals surface area contributed by atoms with Crippen LogP contribution in [0.2, 0.25) is 5.02 Å².